The van der Waals surface area contributed by atoms with Gasteiger partial charge >= 0.3 is 0 Å². The summed E-state index contributed by atoms with van der Waals surface area (Å²) in [5.41, 5.74) is 2.81. The van der Waals surface area contributed by atoms with Gasteiger partial charge < -0.3 is 4.90 Å². The van der Waals surface area contributed by atoms with E-state index in [4.69, 9.17) is 9.97 Å². The summed E-state index contributed by atoms with van der Waals surface area (Å²) in [6.45, 7) is 0.939. The van der Waals surface area contributed by atoms with Crippen LogP contribution in [0.1, 0.15) is 28.8 Å². The topological polar surface area (TPSA) is 41.9 Å². The van der Waals surface area contributed by atoms with E-state index in [1.807, 2.05) is 23.7 Å². The summed E-state index contributed by atoms with van der Waals surface area (Å²) in [6, 6.07) is 4.17. The van der Waals surface area contributed by atoms with E-state index in [1.165, 1.54) is 47.1 Å². The molecule has 130 valence electrons. The highest BCUT2D eigenvalue weighted by molar-refractivity contribution is 7.98. The van der Waals surface area contributed by atoms with E-state index in [0.717, 1.165) is 28.8 Å². The maximum absolute atomic E-state index is 4.88. The second-order valence-electron chi connectivity index (χ2n) is 6.45. The molecule has 0 unspecified atom stereocenters. The highest BCUT2D eigenvalue weighted by atomic mass is 32.2. The zero-order chi connectivity index (χ0) is 17.2. The Labute approximate surface area is 156 Å². The Balaban J connectivity index is 1.70. The van der Waals surface area contributed by atoms with Crippen molar-refractivity contribution in [3.8, 4) is 0 Å². The predicted molar refractivity (Wildman–Crippen MR) is 107 cm³/mol. The van der Waals surface area contributed by atoms with E-state index >= 15 is 0 Å². The number of aryl methyl sites for hydroxylation is 2. The molecule has 0 spiro atoms. The van der Waals surface area contributed by atoms with Crippen molar-refractivity contribution in [2.75, 3.05) is 24.7 Å². The largest absolute Gasteiger partial charge is 0.359 e. The average Bonchev–Trinajstić information content (AvgIpc) is 3.04. The number of fused-ring (bicyclic) bond motifs is 3. The minimum absolute atomic E-state index is 0.872. The lowest BCUT2D eigenvalue weighted by molar-refractivity contribution is 0.700. The highest BCUT2D eigenvalue weighted by Gasteiger charge is 2.22. The standard InChI is InChI=1S/C19H22N4S2/c1-23(12-9-13-7-10-20-11-8-13)17-16-14-5-3-4-6-15(14)25-18(16)22-19(21-17)24-2/h7-8,10-11H,3-6,9,12H2,1-2H3. The third-order valence-corrected chi connectivity index (χ3v) is 6.54. The second kappa shape index (κ2) is 7.30. The summed E-state index contributed by atoms with van der Waals surface area (Å²) in [5, 5.41) is 2.17. The first-order chi connectivity index (χ1) is 12.3. The number of hydrogen-bond acceptors (Lipinski definition) is 6. The zero-order valence-electron chi connectivity index (χ0n) is 14.7. The van der Waals surface area contributed by atoms with Crippen LogP contribution in [0.4, 0.5) is 5.82 Å². The van der Waals surface area contributed by atoms with Gasteiger partial charge in [-0.1, -0.05) is 11.8 Å². The molecule has 0 amide bonds. The van der Waals surface area contributed by atoms with Crippen LogP contribution in [0.2, 0.25) is 0 Å². The van der Waals surface area contributed by atoms with Gasteiger partial charge in [0.1, 0.15) is 10.6 Å². The Morgan fingerprint density at radius 1 is 1.16 bits per heavy atom. The number of anilines is 1. The molecule has 1 aliphatic rings. The van der Waals surface area contributed by atoms with Crippen LogP contribution in [0.25, 0.3) is 10.2 Å². The molecule has 4 nitrogen and oxygen atoms in total. The Morgan fingerprint density at radius 3 is 2.76 bits per heavy atom. The lowest BCUT2D eigenvalue weighted by Gasteiger charge is -2.21. The number of aromatic nitrogens is 3. The maximum atomic E-state index is 4.88. The summed E-state index contributed by atoms with van der Waals surface area (Å²) < 4.78 is 0. The lowest BCUT2D eigenvalue weighted by Crippen LogP contribution is -2.22. The van der Waals surface area contributed by atoms with Gasteiger partial charge in [-0.2, -0.15) is 0 Å². The van der Waals surface area contributed by atoms with Gasteiger partial charge in [0, 0.05) is 30.9 Å². The zero-order valence-corrected chi connectivity index (χ0v) is 16.3. The van der Waals surface area contributed by atoms with E-state index in [2.05, 4.69) is 35.3 Å². The normalized spacial score (nSPS) is 13.8. The van der Waals surface area contributed by atoms with Gasteiger partial charge in [-0.25, -0.2) is 9.97 Å². The smallest absolute Gasteiger partial charge is 0.190 e. The van der Waals surface area contributed by atoms with Crippen LogP contribution in [0.5, 0.6) is 0 Å². The molecule has 0 bridgehead atoms. The van der Waals surface area contributed by atoms with E-state index in [0.29, 0.717) is 0 Å². The molecule has 3 aromatic heterocycles. The number of likely N-dealkylation sites (N-methyl/N-ethyl adjacent to an activating group) is 1. The lowest BCUT2D eigenvalue weighted by atomic mass is 9.97. The molecule has 0 aliphatic heterocycles. The van der Waals surface area contributed by atoms with E-state index in [9.17, 15) is 0 Å². The molecular weight excluding hydrogens is 348 g/mol. The first-order valence-corrected chi connectivity index (χ1v) is 10.8. The van der Waals surface area contributed by atoms with Gasteiger partial charge in [-0.05, 0) is 61.6 Å². The fraction of sp³-hybridized carbons (Fsp3) is 0.421. The second-order valence-corrected chi connectivity index (χ2v) is 8.31. The van der Waals surface area contributed by atoms with Gasteiger partial charge in [0.2, 0.25) is 0 Å². The first kappa shape index (κ1) is 16.8. The SMILES string of the molecule is CSc1nc(N(C)CCc2ccncc2)c2c3c(sc2n1)CCCC3. The van der Waals surface area contributed by atoms with Crippen molar-refractivity contribution in [2.24, 2.45) is 0 Å². The Hall–Kier alpha value is -1.66. The maximum Gasteiger partial charge on any atom is 0.190 e. The molecule has 0 radical (unpaired) electrons. The Morgan fingerprint density at radius 2 is 1.96 bits per heavy atom. The van der Waals surface area contributed by atoms with Crippen molar-refractivity contribution in [1.82, 2.24) is 15.0 Å². The van der Waals surface area contributed by atoms with Crippen molar-refractivity contribution in [1.29, 1.82) is 0 Å². The molecule has 6 heteroatoms. The van der Waals surface area contributed by atoms with Crippen molar-refractivity contribution in [3.63, 3.8) is 0 Å². The first-order valence-electron chi connectivity index (χ1n) is 8.72. The number of thiophene rings is 1. The minimum Gasteiger partial charge on any atom is -0.359 e. The summed E-state index contributed by atoms with van der Waals surface area (Å²) in [6.07, 6.45) is 11.7. The minimum atomic E-state index is 0.872. The monoisotopic (exact) mass is 370 g/mol. The van der Waals surface area contributed by atoms with Crippen LogP contribution in [0.15, 0.2) is 29.7 Å². The molecule has 0 saturated heterocycles. The molecule has 25 heavy (non-hydrogen) atoms. The van der Waals surface area contributed by atoms with Crippen LogP contribution >= 0.6 is 23.1 Å². The van der Waals surface area contributed by atoms with E-state index in [-0.39, 0.29) is 0 Å². The van der Waals surface area contributed by atoms with Crippen LogP contribution < -0.4 is 4.90 Å². The summed E-state index contributed by atoms with van der Waals surface area (Å²) in [4.78, 5) is 18.8. The van der Waals surface area contributed by atoms with Gasteiger partial charge in [-0.15, -0.1) is 11.3 Å². The van der Waals surface area contributed by atoms with Crippen molar-refractivity contribution in [3.05, 3.63) is 40.5 Å². The average molecular weight is 371 g/mol. The van der Waals surface area contributed by atoms with Crippen LogP contribution in [-0.2, 0) is 19.3 Å². The molecule has 0 atom stereocenters. The molecule has 4 rings (SSSR count). The van der Waals surface area contributed by atoms with Crippen molar-refractivity contribution < 1.29 is 0 Å². The quantitative estimate of drug-likeness (QED) is 0.493. The third kappa shape index (κ3) is 3.37. The van der Waals surface area contributed by atoms with Gasteiger partial charge in [-0.3, -0.25) is 4.98 Å². The Bertz CT molecular complexity index is 876. The number of nitrogens with zero attached hydrogens (tertiary/aromatic N) is 4. The predicted octanol–water partition coefficient (Wildman–Crippen LogP) is 4.37. The number of rotatable bonds is 5. The summed E-state index contributed by atoms with van der Waals surface area (Å²) in [7, 11) is 2.15. The number of thioether (sulfide) groups is 1. The van der Waals surface area contributed by atoms with E-state index in [1.54, 1.807) is 11.8 Å². The number of pyridine rings is 1. The molecule has 0 saturated carbocycles. The molecule has 3 aromatic rings. The van der Waals surface area contributed by atoms with Crippen molar-refractivity contribution in [2.45, 2.75) is 37.3 Å². The fourth-order valence-corrected chi connectivity index (χ4v) is 5.11. The van der Waals surface area contributed by atoms with Crippen LogP contribution in [0.3, 0.4) is 0 Å². The molecular formula is C19H22N4S2. The molecule has 0 fully saturated rings. The molecule has 1 aliphatic carbocycles. The van der Waals surface area contributed by atoms with Gasteiger partial charge in [0.15, 0.2) is 5.16 Å². The van der Waals surface area contributed by atoms with Crippen LogP contribution in [-0.4, -0.2) is 34.8 Å². The van der Waals surface area contributed by atoms with Gasteiger partial charge in [0.05, 0.1) is 5.39 Å². The molecule has 0 N–H and O–H groups in total. The summed E-state index contributed by atoms with van der Waals surface area (Å²) >= 11 is 3.50. The van der Waals surface area contributed by atoms with E-state index < -0.39 is 0 Å². The van der Waals surface area contributed by atoms with Crippen LogP contribution in [0, 0.1) is 0 Å². The third-order valence-electron chi connectivity index (χ3n) is 4.80. The molecule has 0 aromatic carbocycles. The van der Waals surface area contributed by atoms with Crippen molar-refractivity contribution >= 4 is 39.1 Å². The van der Waals surface area contributed by atoms with Gasteiger partial charge in [0.25, 0.3) is 0 Å². The summed E-state index contributed by atoms with van der Waals surface area (Å²) in [5.74, 6) is 1.10. The molecule has 3 heterocycles. The number of hydrogen-bond donors (Lipinski definition) is 0. The fourth-order valence-electron chi connectivity index (χ4n) is 3.44. The highest BCUT2D eigenvalue weighted by Crippen LogP contribution is 2.40. The Kier molecular flexibility index (Phi) is 4.90.